The van der Waals surface area contributed by atoms with Gasteiger partial charge in [0.25, 0.3) is 0 Å². The minimum atomic E-state index is -1.37. The molecule has 0 unspecified atom stereocenters. The molecule has 2 nitrogen and oxygen atoms in total. The molecule has 0 heterocycles. The zero-order valence-corrected chi connectivity index (χ0v) is 20.0. The number of hydrogen-bond donors (Lipinski definition) is 1. The molecule has 0 aromatic heterocycles. The maximum Gasteiger partial charge on any atom is 0.169 e. The molecule has 34 heavy (non-hydrogen) atoms. The number of hydrogen-bond acceptors (Lipinski definition) is 2. The van der Waals surface area contributed by atoms with Crippen molar-refractivity contribution >= 4 is 29.0 Å². The van der Waals surface area contributed by atoms with Gasteiger partial charge in [0, 0.05) is 21.5 Å². The van der Waals surface area contributed by atoms with Gasteiger partial charge < -0.3 is 5.11 Å². The molecule has 4 aromatic rings. The van der Waals surface area contributed by atoms with E-state index in [1.54, 1.807) is 36.4 Å². The SMILES string of the molecule is O=C(c1ccc(Cl)cc1)[C@H]1[C@H](c2ccccc2)[C@@H](c2ccccc2)C[C@]1(O)c1ccc(Cl)cc1. The quantitative estimate of drug-likeness (QED) is 0.294. The molecule has 170 valence electrons. The van der Waals surface area contributed by atoms with E-state index in [1.807, 2.05) is 48.5 Å². The third-order valence-corrected chi connectivity index (χ3v) is 7.51. The van der Waals surface area contributed by atoms with Crippen LogP contribution in [0, 0.1) is 5.92 Å². The lowest BCUT2D eigenvalue weighted by Gasteiger charge is -2.33. The van der Waals surface area contributed by atoms with Crippen molar-refractivity contribution in [3.8, 4) is 0 Å². The Kier molecular flexibility index (Phi) is 6.31. The van der Waals surface area contributed by atoms with Gasteiger partial charge in [-0.3, -0.25) is 4.79 Å². The fourth-order valence-corrected chi connectivity index (χ4v) is 5.71. The van der Waals surface area contributed by atoms with E-state index in [-0.39, 0.29) is 17.6 Å². The molecule has 5 rings (SSSR count). The number of Topliss-reactive ketones (excluding diaryl/α,β-unsaturated/α-hetero) is 1. The van der Waals surface area contributed by atoms with Crippen LogP contribution in [0.4, 0.5) is 0 Å². The second kappa shape index (κ2) is 9.38. The number of halogens is 2. The largest absolute Gasteiger partial charge is 0.384 e. The molecule has 4 aromatic carbocycles. The van der Waals surface area contributed by atoms with E-state index < -0.39 is 11.5 Å². The van der Waals surface area contributed by atoms with E-state index in [4.69, 9.17) is 23.2 Å². The molecule has 1 aliphatic rings. The Morgan fingerprint density at radius 3 is 1.76 bits per heavy atom. The van der Waals surface area contributed by atoms with E-state index in [9.17, 15) is 9.90 Å². The van der Waals surface area contributed by atoms with Crippen LogP contribution in [0.1, 0.15) is 45.3 Å². The molecular formula is C30H24Cl2O2. The summed E-state index contributed by atoms with van der Waals surface area (Å²) in [4.78, 5) is 14.1. The van der Waals surface area contributed by atoms with Crippen LogP contribution in [0.5, 0.6) is 0 Å². The molecule has 1 aliphatic carbocycles. The number of ketones is 1. The normalized spacial score (nSPS) is 24.1. The third-order valence-electron chi connectivity index (χ3n) is 7.01. The van der Waals surface area contributed by atoms with Gasteiger partial charge in [-0.05, 0) is 65.4 Å². The first-order chi connectivity index (χ1) is 16.5. The lowest BCUT2D eigenvalue weighted by molar-refractivity contribution is -0.000251. The second-order valence-electron chi connectivity index (χ2n) is 8.94. The van der Waals surface area contributed by atoms with E-state index in [0.717, 1.165) is 11.1 Å². The fourth-order valence-electron chi connectivity index (χ4n) is 5.45. The average molecular weight is 487 g/mol. The Balaban J connectivity index is 1.72. The van der Waals surface area contributed by atoms with Gasteiger partial charge in [0.1, 0.15) is 5.60 Å². The van der Waals surface area contributed by atoms with Gasteiger partial charge in [-0.2, -0.15) is 0 Å². The van der Waals surface area contributed by atoms with E-state index in [1.165, 1.54) is 0 Å². The molecule has 0 radical (unpaired) electrons. The molecule has 0 saturated heterocycles. The van der Waals surface area contributed by atoms with Gasteiger partial charge in [0.15, 0.2) is 5.78 Å². The van der Waals surface area contributed by atoms with E-state index in [2.05, 4.69) is 24.3 Å². The molecular weight excluding hydrogens is 463 g/mol. The summed E-state index contributed by atoms with van der Waals surface area (Å²) in [5.41, 5.74) is 2.01. The van der Waals surface area contributed by atoms with Crippen molar-refractivity contribution in [3.05, 3.63) is 141 Å². The predicted octanol–water partition coefficient (Wildman–Crippen LogP) is 7.65. The molecule has 1 N–H and O–H groups in total. The number of aliphatic hydroxyl groups is 1. The number of carbonyl (C=O) groups is 1. The molecule has 4 atom stereocenters. The number of rotatable bonds is 5. The Bertz CT molecular complexity index is 1270. The first-order valence-corrected chi connectivity index (χ1v) is 12.1. The molecule has 0 aliphatic heterocycles. The van der Waals surface area contributed by atoms with Crippen LogP contribution in [-0.4, -0.2) is 10.9 Å². The topological polar surface area (TPSA) is 37.3 Å². The minimum Gasteiger partial charge on any atom is -0.384 e. The van der Waals surface area contributed by atoms with Crippen LogP contribution in [0.3, 0.4) is 0 Å². The monoisotopic (exact) mass is 486 g/mol. The second-order valence-corrected chi connectivity index (χ2v) is 9.81. The maximum atomic E-state index is 14.1. The lowest BCUT2D eigenvalue weighted by atomic mass is 9.73. The van der Waals surface area contributed by atoms with Gasteiger partial charge in [0.05, 0.1) is 5.92 Å². The Morgan fingerprint density at radius 1 is 0.706 bits per heavy atom. The first-order valence-electron chi connectivity index (χ1n) is 11.4. The minimum absolute atomic E-state index is 0.0504. The highest BCUT2D eigenvalue weighted by Gasteiger charge is 2.57. The van der Waals surface area contributed by atoms with Crippen LogP contribution in [0.25, 0.3) is 0 Å². The van der Waals surface area contributed by atoms with E-state index in [0.29, 0.717) is 27.6 Å². The Morgan fingerprint density at radius 2 is 1.21 bits per heavy atom. The summed E-state index contributed by atoms with van der Waals surface area (Å²) in [7, 11) is 0. The van der Waals surface area contributed by atoms with Gasteiger partial charge in [-0.15, -0.1) is 0 Å². The van der Waals surface area contributed by atoms with Gasteiger partial charge in [-0.1, -0.05) is 96.0 Å². The van der Waals surface area contributed by atoms with Crippen molar-refractivity contribution < 1.29 is 9.90 Å². The molecule has 0 bridgehead atoms. The summed E-state index contributed by atoms with van der Waals surface area (Å²) in [6.07, 6.45) is 0.419. The summed E-state index contributed by atoms with van der Waals surface area (Å²) in [5, 5.41) is 13.5. The van der Waals surface area contributed by atoms with Crippen LogP contribution in [0.15, 0.2) is 109 Å². The Hall–Kier alpha value is -2.91. The van der Waals surface area contributed by atoms with Crippen molar-refractivity contribution in [2.45, 2.75) is 23.9 Å². The van der Waals surface area contributed by atoms with Crippen LogP contribution in [0.2, 0.25) is 10.0 Å². The first kappa shape index (κ1) is 22.9. The van der Waals surface area contributed by atoms with Gasteiger partial charge in [-0.25, -0.2) is 0 Å². The molecule has 4 heteroatoms. The molecule has 1 fully saturated rings. The highest BCUT2D eigenvalue weighted by molar-refractivity contribution is 6.31. The summed E-state index contributed by atoms with van der Waals surface area (Å²) in [5.74, 6) is -1.05. The molecule has 0 amide bonds. The van der Waals surface area contributed by atoms with Crippen molar-refractivity contribution in [1.29, 1.82) is 0 Å². The smallest absolute Gasteiger partial charge is 0.169 e. The number of benzene rings is 4. The molecule has 0 spiro atoms. The fraction of sp³-hybridized carbons (Fsp3) is 0.167. The maximum absolute atomic E-state index is 14.1. The lowest BCUT2D eigenvalue weighted by Crippen LogP contribution is -2.38. The third kappa shape index (κ3) is 4.18. The van der Waals surface area contributed by atoms with Crippen molar-refractivity contribution in [3.63, 3.8) is 0 Å². The van der Waals surface area contributed by atoms with Crippen LogP contribution in [-0.2, 0) is 5.60 Å². The average Bonchev–Trinajstić information content (AvgIpc) is 3.19. The van der Waals surface area contributed by atoms with Crippen molar-refractivity contribution in [1.82, 2.24) is 0 Å². The standard InChI is InChI=1S/C30H24Cl2O2/c31-24-15-11-22(12-16-24)29(33)28-27(21-9-5-2-6-10-21)26(20-7-3-1-4-8-20)19-30(28,34)23-13-17-25(32)18-14-23/h1-18,26-28,34H,19H2/t26-,27-,28-,30+/m1/s1. The summed E-state index contributed by atoms with van der Waals surface area (Å²) in [6, 6.07) is 34.3. The zero-order valence-electron chi connectivity index (χ0n) is 18.4. The number of carbonyl (C=O) groups excluding carboxylic acids is 1. The van der Waals surface area contributed by atoms with Crippen LogP contribution >= 0.6 is 23.2 Å². The Labute approximate surface area is 209 Å². The highest BCUT2D eigenvalue weighted by atomic mass is 35.5. The van der Waals surface area contributed by atoms with Crippen molar-refractivity contribution in [2.24, 2.45) is 5.92 Å². The van der Waals surface area contributed by atoms with Crippen molar-refractivity contribution in [2.75, 3.05) is 0 Å². The van der Waals surface area contributed by atoms with Gasteiger partial charge in [0.2, 0.25) is 0 Å². The summed E-state index contributed by atoms with van der Waals surface area (Å²) in [6.45, 7) is 0. The summed E-state index contributed by atoms with van der Waals surface area (Å²) >= 11 is 12.3. The highest BCUT2D eigenvalue weighted by Crippen LogP contribution is 2.59. The summed E-state index contributed by atoms with van der Waals surface area (Å²) < 4.78 is 0. The zero-order chi connectivity index (χ0) is 23.7. The van der Waals surface area contributed by atoms with Gasteiger partial charge >= 0.3 is 0 Å². The van der Waals surface area contributed by atoms with Crippen LogP contribution < -0.4 is 0 Å². The molecule has 1 saturated carbocycles. The predicted molar refractivity (Wildman–Crippen MR) is 138 cm³/mol. The van der Waals surface area contributed by atoms with E-state index >= 15 is 0 Å².